The second-order valence-corrected chi connectivity index (χ2v) is 3.51. The van der Waals surface area contributed by atoms with E-state index in [9.17, 15) is 18.0 Å². The van der Waals surface area contributed by atoms with E-state index >= 15 is 0 Å². The van der Waals surface area contributed by atoms with Crippen LogP contribution >= 0.6 is 0 Å². The lowest BCUT2D eigenvalue weighted by Crippen LogP contribution is -2.38. The van der Waals surface area contributed by atoms with Crippen LogP contribution in [-0.2, 0) is 4.79 Å². The molecule has 1 heterocycles. The van der Waals surface area contributed by atoms with Gasteiger partial charge in [-0.2, -0.15) is 18.2 Å². The van der Waals surface area contributed by atoms with E-state index in [1.807, 2.05) is 0 Å². The maximum atomic E-state index is 12.4. The largest absolute Gasteiger partial charge is 0.480 e. The number of alkyl halides is 3. The van der Waals surface area contributed by atoms with Crippen LogP contribution in [0.25, 0.3) is 0 Å². The van der Waals surface area contributed by atoms with Gasteiger partial charge in [-0.3, -0.25) is 9.78 Å². The number of carbonyl (C=O) groups is 1. The van der Waals surface area contributed by atoms with Crippen molar-refractivity contribution in [2.75, 3.05) is 24.6 Å². The standard InChI is InChI=1S/C10H12F3N3O3/c1-2-19-8-4-14-3-7(15-8)16(5-9(17)18)6-10(11,12)13/h3-4H,2,5-6H2,1H3,(H,17,18). The topological polar surface area (TPSA) is 75.5 Å². The van der Waals surface area contributed by atoms with Crippen molar-refractivity contribution in [1.29, 1.82) is 0 Å². The van der Waals surface area contributed by atoms with Crippen molar-refractivity contribution >= 4 is 11.8 Å². The Hall–Kier alpha value is -2.06. The Labute approximate surface area is 106 Å². The van der Waals surface area contributed by atoms with Crippen LogP contribution in [0, 0.1) is 0 Å². The first-order valence-corrected chi connectivity index (χ1v) is 5.30. The van der Waals surface area contributed by atoms with E-state index in [1.165, 1.54) is 6.20 Å². The summed E-state index contributed by atoms with van der Waals surface area (Å²) in [7, 11) is 0. The average molecular weight is 279 g/mol. The Kier molecular flexibility index (Phi) is 4.90. The quantitative estimate of drug-likeness (QED) is 0.846. The lowest BCUT2D eigenvalue weighted by molar-refractivity contribution is -0.136. The maximum Gasteiger partial charge on any atom is 0.405 e. The molecule has 106 valence electrons. The molecule has 9 heteroatoms. The second kappa shape index (κ2) is 6.21. The fraction of sp³-hybridized carbons (Fsp3) is 0.500. The number of halogens is 3. The third-order valence-corrected chi connectivity index (χ3v) is 1.91. The third-order valence-electron chi connectivity index (χ3n) is 1.91. The summed E-state index contributed by atoms with van der Waals surface area (Å²) in [6.07, 6.45) is -2.25. The summed E-state index contributed by atoms with van der Waals surface area (Å²) in [4.78, 5) is 18.6. The maximum absolute atomic E-state index is 12.4. The second-order valence-electron chi connectivity index (χ2n) is 3.51. The Bertz CT molecular complexity index is 440. The number of carboxylic acid groups (broad SMARTS) is 1. The van der Waals surface area contributed by atoms with Gasteiger partial charge in [0.2, 0.25) is 5.88 Å². The molecular formula is C10H12F3N3O3. The minimum absolute atomic E-state index is 0.0394. The molecule has 0 atom stereocenters. The molecule has 6 nitrogen and oxygen atoms in total. The molecule has 1 aromatic rings. The van der Waals surface area contributed by atoms with Crippen LogP contribution in [0.3, 0.4) is 0 Å². The van der Waals surface area contributed by atoms with Gasteiger partial charge in [0.05, 0.1) is 19.0 Å². The number of hydrogen-bond donors (Lipinski definition) is 1. The van der Waals surface area contributed by atoms with Gasteiger partial charge >= 0.3 is 12.1 Å². The summed E-state index contributed by atoms with van der Waals surface area (Å²) in [5.41, 5.74) is 0. The highest BCUT2D eigenvalue weighted by molar-refractivity contribution is 5.73. The van der Waals surface area contributed by atoms with Crippen molar-refractivity contribution in [1.82, 2.24) is 9.97 Å². The van der Waals surface area contributed by atoms with Gasteiger partial charge in [0.15, 0.2) is 5.82 Å². The number of hydrogen-bond acceptors (Lipinski definition) is 5. The molecule has 0 aliphatic rings. The minimum atomic E-state index is -4.54. The highest BCUT2D eigenvalue weighted by Gasteiger charge is 2.32. The summed E-state index contributed by atoms with van der Waals surface area (Å²) in [5.74, 6) is -1.56. The molecule has 0 unspecified atom stereocenters. The molecule has 1 aromatic heterocycles. The molecule has 0 fully saturated rings. The van der Waals surface area contributed by atoms with E-state index in [4.69, 9.17) is 9.84 Å². The van der Waals surface area contributed by atoms with Crippen LogP contribution in [0.5, 0.6) is 5.88 Å². The van der Waals surface area contributed by atoms with Gasteiger partial charge in [0, 0.05) is 0 Å². The Balaban J connectivity index is 2.95. The van der Waals surface area contributed by atoms with Crippen molar-refractivity contribution in [2.45, 2.75) is 13.1 Å². The fourth-order valence-electron chi connectivity index (χ4n) is 1.31. The predicted octanol–water partition coefficient (Wildman–Crippen LogP) is 1.33. The summed E-state index contributed by atoms with van der Waals surface area (Å²) in [6, 6.07) is 0. The van der Waals surface area contributed by atoms with Gasteiger partial charge in [0.25, 0.3) is 0 Å². The van der Waals surface area contributed by atoms with Crippen LogP contribution in [0.15, 0.2) is 12.4 Å². The smallest absolute Gasteiger partial charge is 0.405 e. The van der Waals surface area contributed by atoms with Crippen LogP contribution in [0.4, 0.5) is 19.0 Å². The Morgan fingerprint density at radius 2 is 2.16 bits per heavy atom. The lowest BCUT2D eigenvalue weighted by atomic mass is 10.4. The highest BCUT2D eigenvalue weighted by atomic mass is 19.4. The molecule has 0 spiro atoms. The summed E-state index contributed by atoms with van der Waals surface area (Å²) >= 11 is 0. The molecule has 0 radical (unpaired) electrons. The molecule has 0 amide bonds. The van der Waals surface area contributed by atoms with E-state index in [0.717, 1.165) is 6.20 Å². The lowest BCUT2D eigenvalue weighted by Gasteiger charge is -2.22. The SMILES string of the molecule is CCOc1cncc(N(CC(=O)O)CC(F)(F)F)n1. The number of aliphatic carboxylic acids is 1. The zero-order valence-corrected chi connectivity index (χ0v) is 10.0. The Morgan fingerprint density at radius 1 is 1.47 bits per heavy atom. The number of anilines is 1. The van der Waals surface area contributed by atoms with Crippen molar-refractivity contribution in [3.63, 3.8) is 0 Å². The number of aromatic nitrogens is 2. The van der Waals surface area contributed by atoms with Gasteiger partial charge < -0.3 is 14.7 Å². The monoisotopic (exact) mass is 279 g/mol. The number of carboxylic acids is 1. The molecule has 0 saturated heterocycles. The minimum Gasteiger partial charge on any atom is -0.480 e. The molecule has 0 aliphatic heterocycles. The van der Waals surface area contributed by atoms with Crippen molar-refractivity contribution in [3.05, 3.63) is 12.4 Å². The first-order valence-electron chi connectivity index (χ1n) is 5.30. The molecule has 0 aromatic carbocycles. The van der Waals surface area contributed by atoms with E-state index in [0.29, 0.717) is 4.90 Å². The number of nitrogens with zero attached hydrogens (tertiary/aromatic N) is 3. The van der Waals surface area contributed by atoms with Gasteiger partial charge in [-0.1, -0.05) is 0 Å². The van der Waals surface area contributed by atoms with E-state index < -0.39 is 25.2 Å². The van der Waals surface area contributed by atoms with E-state index in [1.54, 1.807) is 6.92 Å². The zero-order chi connectivity index (χ0) is 14.5. The highest BCUT2D eigenvalue weighted by Crippen LogP contribution is 2.21. The van der Waals surface area contributed by atoms with Gasteiger partial charge in [-0.25, -0.2) is 0 Å². The van der Waals surface area contributed by atoms with Crippen LogP contribution in [0.2, 0.25) is 0 Å². The predicted molar refractivity (Wildman–Crippen MR) is 59.1 cm³/mol. The number of ether oxygens (including phenoxy) is 1. The van der Waals surface area contributed by atoms with Crippen molar-refractivity contribution in [2.24, 2.45) is 0 Å². The molecule has 0 aliphatic carbocycles. The molecule has 1 N–H and O–H groups in total. The first-order chi connectivity index (χ1) is 8.81. The van der Waals surface area contributed by atoms with Gasteiger partial charge in [0.1, 0.15) is 13.1 Å². The summed E-state index contributed by atoms with van der Waals surface area (Å²) in [6.45, 7) is -0.303. The molecule has 19 heavy (non-hydrogen) atoms. The van der Waals surface area contributed by atoms with Crippen LogP contribution < -0.4 is 9.64 Å². The molecule has 1 rings (SSSR count). The molecule has 0 bridgehead atoms. The van der Waals surface area contributed by atoms with E-state index in [2.05, 4.69) is 9.97 Å². The molecule has 0 saturated carbocycles. The van der Waals surface area contributed by atoms with Gasteiger partial charge in [-0.15, -0.1) is 0 Å². The summed E-state index contributed by atoms with van der Waals surface area (Å²) in [5, 5.41) is 8.63. The van der Waals surface area contributed by atoms with Crippen LogP contribution in [-0.4, -0.2) is 46.9 Å². The first kappa shape index (κ1) is 15.0. The van der Waals surface area contributed by atoms with E-state index in [-0.39, 0.29) is 18.3 Å². The third kappa shape index (κ3) is 5.40. The average Bonchev–Trinajstić information content (AvgIpc) is 2.26. The fourth-order valence-corrected chi connectivity index (χ4v) is 1.31. The van der Waals surface area contributed by atoms with Crippen molar-refractivity contribution < 1.29 is 27.8 Å². The summed E-state index contributed by atoms with van der Waals surface area (Å²) < 4.78 is 42.1. The van der Waals surface area contributed by atoms with Crippen LogP contribution in [0.1, 0.15) is 6.92 Å². The Morgan fingerprint density at radius 3 is 2.68 bits per heavy atom. The number of rotatable bonds is 6. The van der Waals surface area contributed by atoms with Gasteiger partial charge in [-0.05, 0) is 6.92 Å². The normalized spacial score (nSPS) is 11.2. The van der Waals surface area contributed by atoms with Crippen molar-refractivity contribution in [3.8, 4) is 5.88 Å². The zero-order valence-electron chi connectivity index (χ0n) is 10.0. The molecular weight excluding hydrogens is 267 g/mol.